The molecule has 7 heteroatoms. The summed E-state index contributed by atoms with van der Waals surface area (Å²) in [7, 11) is 0. The Labute approximate surface area is 155 Å². The van der Waals surface area contributed by atoms with Gasteiger partial charge in [-0.3, -0.25) is 9.78 Å². The molecule has 126 valence electrons. The maximum atomic E-state index is 12.3. The molecule has 1 aromatic carbocycles. The Balaban J connectivity index is 1.70. The van der Waals surface area contributed by atoms with Gasteiger partial charge in [0.1, 0.15) is 5.82 Å². The summed E-state index contributed by atoms with van der Waals surface area (Å²) in [6.07, 6.45) is 3.24. The number of anilines is 2. The fourth-order valence-corrected chi connectivity index (χ4v) is 2.50. The first-order chi connectivity index (χ1) is 12.1. The minimum Gasteiger partial charge on any atom is -0.346 e. The highest BCUT2D eigenvalue weighted by atomic mass is 35.5. The molecule has 3 rings (SSSR count). The van der Waals surface area contributed by atoms with Gasteiger partial charge < -0.3 is 10.6 Å². The predicted octanol–water partition coefficient (Wildman–Crippen LogP) is 4.46. The first-order valence-corrected chi connectivity index (χ1v) is 8.24. The third-order valence-corrected chi connectivity index (χ3v) is 4.21. The molecule has 0 fully saturated rings. The van der Waals surface area contributed by atoms with E-state index in [0.29, 0.717) is 33.7 Å². The molecule has 5 nitrogen and oxygen atoms in total. The van der Waals surface area contributed by atoms with Crippen molar-refractivity contribution in [3.05, 3.63) is 82.2 Å². The van der Waals surface area contributed by atoms with Crippen LogP contribution >= 0.6 is 23.2 Å². The van der Waals surface area contributed by atoms with Crippen LogP contribution in [0.5, 0.6) is 0 Å². The summed E-state index contributed by atoms with van der Waals surface area (Å²) in [5.74, 6) is 0.281. The van der Waals surface area contributed by atoms with Gasteiger partial charge in [0.25, 0.3) is 5.91 Å². The molecule has 1 amide bonds. The van der Waals surface area contributed by atoms with Gasteiger partial charge >= 0.3 is 0 Å². The molecule has 0 aliphatic rings. The van der Waals surface area contributed by atoms with Crippen molar-refractivity contribution < 1.29 is 4.79 Å². The van der Waals surface area contributed by atoms with E-state index in [2.05, 4.69) is 20.6 Å². The van der Waals surface area contributed by atoms with Crippen LogP contribution in [0.15, 0.2) is 60.9 Å². The topological polar surface area (TPSA) is 66.9 Å². The van der Waals surface area contributed by atoms with Gasteiger partial charge in [-0.2, -0.15) is 0 Å². The molecule has 0 aliphatic heterocycles. The summed E-state index contributed by atoms with van der Waals surface area (Å²) in [4.78, 5) is 20.7. The van der Waals surface area contributed by atoms with E-state index in [4.69, 9.17) is 23.2 Å². The zero-order valence-electron chi connectivity index (χ0n) is 13.0. The van der Waals surface area contributed by atoms with Crippen LogP contribution in [0, 0.1) is 0 Å². The lowest BCUT2D eigenvalue weighted by atomic mass is 10.2. The number of nitrogens with one attached hydrogen (secondary N) is 2. The number of benzene rings is 1. The summed E-state index contributed by atoms with van der Waals surface area (Å²) in [5.41, 5.74) is 1.88. The SMILES string of the molecule is O=C(NCc1ccccn1)c1ccnc(Nc2cccc(Cl)c2Cl)c1. The van der Waals surface area contributed by atoms with Crippen LogP contribution in [0.25, 0.3) is 0 Å². The lowest BCUT2D eigenvalue weighted by Crippen LogP contribution is -2.23. The van der Waals surface area contributed by atoms with Crippen LogP contribution in [0.1, 0.15) is 16.1 Å². The molecule has 0 aliphatic carbocycles. The standard InChI is InChI=1S/C18H14Cl2N4O/c19-14-5-3-6-15(17(14)20)24-16-10-12(7-9-22-16)18(25)23-11-13-4-1-2-8-21-13/h1-10H,11H2,(H,22,24)(H,23,25). The van der Waals surface area contributed by atoms with Gasteiger partial charge in [0.05, 0.1) is 28.0 Å². The Hall–Kier alpha value is -2.63. The Kier molecular flexibility index (Phi) is 5.48. The molecule has 0 atom stereocenters. The molecule has 3 aromatic rings. The zero-order valence-corrected chi connectivity index (χ0v) is 14.6. The monoisotopic (exact) mass is 372 g/mol. The molecule has 0 radical (unpaired) electrons. The zero-order chi connectivity index (χ0) is 17.6. The third-order valence-electron chi connectivity index (χ3n) is 3.39. The van der Waals surface area contributed by atoms with E-state index in [9.17, 15) is 4.79 Å². The normalized spacial score (nSPS) is 10.3. The molecule has 0 saturated heterocycles. The van der Waals surface area contributed by atoms with Crippen molar-refractivity contribution in [2.24, 2.45) is 0 Å². The van der Waals surface area contributed by atoms with Crippen molar-refractivity contribution in [1.29, 1.82) is 0 Å². The number of carbonyl (C=O) groups excluding carboxylic acids is 1. The summed E-state index contributed by atoms with van der Waals surface area (Å²) in [6.45, 7) is 0.352. The van der Waals surface area contributed by atoms with E-state index in [1.54, 1.807) is 42.7 Å². The summed E-state index contributed by atoms with van der Waals surface area (Å²) in [5, 5.41) is 6.72. The fourth-order valence-electron chi connectivity index (χ4n) is 2.15. The number of halogens is 2. The number of nitrogens with zero attached hydrogens (tertiary/aromatic N) is 2. The number of hydrogen-bond acceptors (Lipinski definition) is 4. The molecular weight excluding hydrogens is 359 g/mol. The number of carbonyl (C=O) groups is 1. The highest BCUT2D eigenvalue weighted by Gasteiger charge is 2.09. The molecular formula is C18H14Cl2N4O. The van der Waals surface area contributed by atoms with Crippen LogP contribution in [0.3, 0.4) is 0 Å². The third kappa shape index (κ3) is 4.47. The molecule has 2 aromatic heterocycles. The van der Waals surface area contributed by atoms with E-state index in [-0.39, 0.29) is 5.91 Å². The molecule has 0 bridgehead atoms. The van der Waals surface area contributed by atoms with E-state index >= 15 is 0 Å². The van der Waals surface area contributed by atoms with Crippen molar-refractivity contribution in [2.75, 3.05) is 5.32 Å². The van der Waals surface area contributed by atoms with Gasteiger partial charge in [0, 0.05) is 18.0 Å². The highest BCUT2D eigenvalue weighted by molar-refractivity contribution is 6.43. The molecule has 2 heterocycles. The molecule has 2 N–H and O–H groups in total. The van der Waals surface area contributed by atoms with Gasteiger partial charge in [-0.25, -0.2) is 4.98 Å². The lowest BCUT2D eigenvalue weighted by Gasteiger charge is -2.10. The fraction of sp³-hybridized carbons (Fsp3) is 0.0556. The maximum Gasteiger partial charge on any atom is 0.251 e. The predicted molar refractivity (Wildman–Crippen MR) is 99.4 cm³/mol. The number of hydrogen-bond donors (Lipinski definition) is 2. The molecule has 0 unspecified atom stereocenters. The quantitative estimate of drug-likeness (QED) is 0.693. The molecule has 0 saturated carbocycles. The average molecular weight is 373 g/mol. The first kappa shape index (κ1) is 17.2. The lowest BCUT2D eigenvalue weighted by molar-refractivity contribution is 0.0950. The van der Waals surface area contributed by atoms with Gasteiger partial charge in [-0.1, -0.05) is 35.3 Å². The first-order valence-electron chi connectivity index (χ1n) is 7.48. The van der Waals surface area contributed by atoms with E-state index < -0.39 is 0 Å². The number of amides is 1. The average Bonchev–Trinajstić information content (AvgIpc) is 2.64. The van der Waals surface area contributed by atoms with Crippen molar-refractivity contribution in [3.8, 4) is 0 Å². The number of aromatic nitrogens is 2. The number of pyridine rings is 2. The molecule has 0 spiro atoms. The van der Waals surface area contributed by atoms with Crippen molar-refractivity contribution in [2.45, 2.75) is 6.54 Å². The molecule has 25 heavy (non-hydrogen) atoms. The second-order valence-corrected chi connectivity index (χ2v) is 5.95. The Morgan fingerprint density at radius 3 is 2.68 bits per heavy atom. The Morgan fingerprint density at radius 1 is 1.00 bits per heavy atom. The smallest absolute Gasteiger partial charge is 0.251 e. The largest absolute Gasteiger partial charge is 0.346 e. The van der Waals surface area contributed by atoms with Crippen molar-refractivity contribution in [3.63, 3.8) is 0 Å². The summed E-state index contributed by atoms with van der Waals surface area (Å²) >= 11 is 12.2. The van der Waals surface area contributed by atoms with Crippen molar-refractivity contribution in [1.82, 2.24) is 15.3 Å². The van der Waals surface area contributed by atoms with Gasteiger partial charge in [0.2, 0.25) is 0 Å². The second-order valence-electron chi connectivity index (χ2n) is 5.16. The minimum atomic E-state index is -0.215. The highest BCUT2D eigenvalue weighted by Crippen LogP contribution is 2.31. The van der Waals surface area contributed by atoms with Crippen LogP contribution in [-0.4, -0.2) is 15.9 Å². The van der Waals surface area contributed by atoms with E-state index in [0.717, 1.165) is 5.69 Å². The van der Waals surface area contributed by atoms with Gasteiger partial charge in [-0.05, 0) is 36.4 Å². The van der Waals surface area contributed by atoms with Crippen LogP contribution in [0.4, 0.5) is 11.5 Å². The van der Waals surface area contributed by atoms with Gasteiger partial charge in [0.15, 0.2) is 0 Å². The van der Waals surface area contributed by atoms with E-state index in [1.165, 1.54) is 0 Å². The van der Waals surface area contributed by atoms with Crippen molar-refractivity contribution >= 4 is 40.6 Å². The van der Waals surface area contributed by atoms with Gasteiger partial charge in [-0.15, -0.1) is 0 Å². The second kappa shape index (κ2) is 7.96. The number of rotatable bonds is 5. The van der Waals surface area contributed by atoms with Crippen LogP contribution in [0.2, 0.25) is 10.0 Å². The van der Waals surface area contributed by atoms with Crippen LogP contribution < -0.4 is 10.6 Å². The Bertz CT molecular complexity index is 887. The maximum absolute atomic E-state index is 12.3. The summed E-state index contributed by atoms with van der Waals surface area (Å²) < 4.78 is 0. The summed E-state index contributed by atoms with van der Waals surface area (Å²) in [6, 6.07) is 14.1. The van der Waals surface area contributed by atoms with Crippen LogP contribution in [-0.2, 0) is 6.54 Å². The van der Waals surface area contributed by atoms with E-state index in [1.807, 2.05) is 18.2 Å². The Morgan fingerprint density at radius 2 is 1.88 bits per heavy atom. The minimum absolute atomic E-state index is 0.215.